The van der Waals surface area contributed by atoms with Crippen LogP contribution in [0.2, 0.25) is 0 Å². The summed E-state index contributed by atoms with van der Waals surface area (Å²) >= 11 is 0. The molecule has 2 rings (SSSR count). The molecular weight excluding hydrogens is 280 g/mol. The summed E-state index contributed by atoms with van der Waals surface area (Å²) in [7, 11) is 0. The lowest BCUT2D eigenvalue weighted by Gasteiger charge is -2.10. The van der Waals surface area contributed by atoms with Crippen LogP contribution in [0.3, 0.4) is 0 Å². The molecule has 0 heterocycles. The lowest BCUT2D eigenvalue weighted by Crippen LogP contribution is -1.98. The zero-order chi connectivity index (χ0) is 16.3. The van der Waals surface area contributed by atoms with Crippen LogP contribution < -0.4 is 0 Å². The number of allylic oxidation sites excluding steroid dienone is 2. The first-order chi connectivity index (χ1) is 10.4. The number of hydrogen-bond acceptors (Lipinski definition) is 2. The highest BCUT2D eigenvalue weighted by molar-refractivity contribution is 5.94. The van der Waals surface area contributed by atoms with Crippen LogP contribution in [-0.4, -0.2) is 22.2 Å². The molecule has 2 N–H and O–H groups in total. The average Bonchev–Trinajstić information content (AvgIpc) is 2.53. The molecule has 2 aromatic carbocycles. The van der Waals surface area contributed by atoms with E-state index in [0.717, 1.165) is 22.3 Å². The van der Waals surface area contributed by atoms with Crippen LogP contribution in [0.5, 0.6) is 0 Å². The van der Waals surface area contributed by atoms with Gasteiger partial charge in [-0.05, 0) is 60.4 Å². The third-order valence-electron chi connectivity index (χ3n) is 3.65. The minimum absolute atomic E-state index is 0.226. The highest BCUT2D eigenvalue weighted by atomic mass is 16.4. The molecule has 0 aliphatic carbocycles. The minimum atomic E-state index is -0.972. The minimum Gasteiger partial charge on any atom is -0.478 e. The number of hydrogen-bond donors (Lipinski definition) is 2. The molecule has 0 unspecified atom stereocenters. The Morgan fingerprint density at radius 1 is 0.682 bits per heavy atom. The largest absolute Gasteiger partial charge is 0.478 e. The van der Waals surface area contributed by atoms with Crippen molar-refractivity contribution in [3.8, 4) is 0 Å². The van der Waals surface area contributed by atoms with Crippen LogP contribution in [-0.2, 0) is 0 Å². The van der Waals surface area contributed by atoms with Crippen LogP contribution in [0.15, 0.2) is 48.5 Å². The van der Waals surface area contributed by atoms with Gasteiger partial charge in [-0.15, -0.1) is 0 Å². The Labute approximate surface area is 128 Å². The molecule has 0 fully saturated rings. The Balaban J connectivity index is 2.49. The van der Waals surface area contributed by atoms with E-state index in [1.54, 1.807) is 36.4 Å². The Bertz CT molecular complexity index is 707. The summed E-state index contributed by atoms with van der Waals surface area (Å²) in [6.45, 7) is 3.79. The van der Waals surface area contributed by atoms with Crippen molar-refractivity contribution in [2.24, 2.45) is 0 Å². The third-order valence-corrected chi connectivity index (χ3v) is 3.65. The average molecular weight is 296 g/mol. The molecule has 0 bridgehead atoms. The summed E-state index contributed by atoms with van der Waals surface area (Å²) in [6, 6.07) is 13.4. The van der Waals surface area contributed by atoms with Gasteiger partial charge >= 0.3 is 11.9 Å². The lowest BCUT2D eigenvalue weighted by atomic mass is 9.95. The standard InChI is InChI=1S/C18H16O4/c1-11(13-5-3-7-15(9-13)17(19)20)12(2)14-6-4-8-16(10-14)18(21)22/h3-10H,1-2H3,(H,19,20)(H,21,22). The number of carboxylic acid groups (broad SMARTS) is 2. The van der Waals surface area contributed by atoms with Gasteiger partial charge in [0.1, 0.15) is 0 Å². The van der Waals surface area contributed by atoms with Gasteiger partial charge < -0.3 is 10.2 Å². The van der Waals surface area contributed by atoms with E-state index in [0.29, 0.717) is 0 Å². The van der Waals surface area contributed by atoms with E-state index in [9.17, 15) is 9.59 Å². The van der Waals surface area contributed by atoms with Crippen molar-refractivity contribution >= 4 is 23.1 Å². The predicted octanol–water partition coefficient (Wildman–Crippen LogP) is 4.03. The maximum absolute atomic E-state index is 11.1. The molecule has 4 nitrogen and oxygen atoms in total. The molecule has 112 valence electrons. The first-order valence-electron chi connectivity index (χ1n) is 6.75. The zero-order valence-corrected chi connectivity index (χ0v) is 12.3. The number of rotatable bonds is 4. The van der Waals surface area contributed by atoms with Crippen molar-refractivity contribution < 1.29 is 19.8 Å². The van der Waals surface area contributed by atoms with Crippen molar-refractivity contribution in [2.45, 2.75) is 13.8 Å². The maximum atomic E-state index is 11.1. The van der Waals surface area contributed by atoms with Gasteiger partial charge in [-0.3, -0.25) is 0 Å². The molecule has 0 aliphatic rings. The van der Waals surface area contributed by atoms with Crippen LogP contribution in [0, 0.1) is 0 Å². The molecule has 0 radical (unpaired) electrons. The van der Waals surface area contributed by atoms with E-state index < -0.39 is 11.9 Å². The van der Waals surface area contributed by atoms with Gasteiger partial charge in [0.25, 0.3) is 0 Å². The molecule has 0 saturated carbocycles. The van der Waals surface area contributed by atoms with Gasteiger partial charge in [0.05, 0.1) is 11.1 Å². The fraction of sp³-hybridized carbons (Fsp3) is 0.111. The van der Waals surface area contributed by atoms with E-state index in [2.05, 4.69) is 0 Å². The van der Waals surface area contributed by atoms with Crippen molar-refractivity contribution in [3.05, 3.63) is 70.8 Å². The summed E-state index contributed by atoms with van der Waals surface area (Å²) in [5.41, 5.74) is 3.88. The Morgan fingerprint density at radius 2 is 1.00 bits per heavy atom. The van der Waals surface area contributed by atoms with E-state index in [-0.39, 0.29) is 11.1 Å². The molecule has 0 aromatic heterocycles. The highest BCUT2D eigenvalue weighted by Crippen LogP contribution is 2.26. The number of carboxylic acids is 2. The quantitative estimate of drug-likeness (QED) is 0.835. The molecule has 0 amide bonds. The number of carbonyl (C=O) groups is 2. The summed E-state index contributed by atoms with van der Waals surface area (Å²) in [5.74, 6) is -1.94. The van der Waals surface area contributed by atoms with Crippen molar-refractivity contribution in [1.29, 1.82) is 0 Å². The zero-order valence-electron chi connectivity index (χ0n) is 12.3. The first-order valence-corrected chi connectivity index (χ1v) is 6.75. The first kappa shape index (κ1) is 15.5. The SMILES string of the molecule is CC(=C(C)c1cccc(C(=O)O)c1)c1cccc(C(=O)O)c1. The van der Waals surface area contributed by atoms with Gasteiger partial charge in [0.15, 0.2) is 0 Å². The third kappa shape index (κ3) is 3.23. The second-order valence-electron chi connectivity index (χ2n) is 5.02. The van der Waals surface area contributed by atoms with Crippen LogP contribution >= 0.6 is 0 Å². The Morgan fingerprint density at radius 3 is 1.32 bits per heavy atom. The summed E-state index contributed by atoms with van der Waals surface area (Å²) < 4.78 is 0. The van der Waals surface area contributed by atoms with E-state index >= 15 is 0 Å². The Kier molecular flexibility index (Phi) is 4.41. The maximum Gasteiger partial charge on any atom is 0.335 e. The van der Waals surface area contributed by atoms with Crippen LogP contribution in [0.4, 0.5) is 0 Å². The second-order valence-corrected chi connectivity index (χ2v) is 5.02. The Hall–Kier alpha value is -2.88. The van der Waals surface area contributed by atoms with Crippen LogP contribution in [0.1, 0.15) is 45.7 Å². The molecule has 4 heteroatoms. The van der Waals surface area contributed by atoms with E-state index in [1.165, 1.54) is 0 Å². The summed E-state index contributed by atoms with van der Waals surface area (Å²) in [5, 5.41) is 18.1. The topological polar surface area (TPSA) is 74.6 Å². The normalized spacial score (nSPS) is 11.7. The molecule has 0 aliphatic heterocycles. The number of benzene rings is 2. The van der Waals surface area contributed by atoms with Gasteiger partial charge in [0, 0.05) is 0 Å². The predicted molar refractivity (Wildman–Crippen MR) is 85.0 cm³/mol. The molecule has 0 spiro atoms. The fourth-order valence-electron chi connectivity index (χ4n) is 2.20. The van der Waals surface area contributed by atoms with Gasteiger partial charge in [0.2, 0.25) is 0 Å². The summed E-state index contributed by atoms with van der Waals surface area (Å²) in [6.07, 6.45) is 0. The molecule has 0 saturated heterocycles. The van der Waals surface area contributed by atoms with Crippen molar-refractivity contribution in [1.82, 2.24) is 0 Å². The van der Waals surface area contributed by atoms with Gasteiger partial charge in [-0.25, -0.2) is 9.59 Å². The van der Waals surface area contributed by atoms with Gasteiger partial charge in [-0.2, -0.15) is 0 Å². The van der Waals surface area contributed by atoms with Crippen LogP contribution in [0.25, 0.3) is 11.1 Å². The van der Waals surface area contributed by atoms with E-state index in [1.807, 2.05) is 26.0 Å². The monoisotopic (exact) mass is 296 g/mol. The van der Waals surface area contributed by atoms with E-state index in [4.69, 9.17) is 10.2 Å². The summed E-state index contributed by atoms with van der Waals surface area (Å²) in [4.78, 5) is 22.1. The number of aromatic carboxylic acids is 2. The van der Waals surface area contributed by atoms with Crippen molar-refractivity contribution in [2.75, 3.05) is 0 Å². The highest BCUT2D eigenvalue weighted by Gasteiger charge is 2.09. The molecule has 22 heavy (non-hydrogen) atoms. The molecular formula is C18H16O4. The second kappa shape index (κ2) is 6.26. The molecule has 0 atom stereocenters. The molecule has 2 aromatic rings. The fourth-order valence-corrected chi connectivity index (χ4v) is 2.20. The van der Waals surface area contributed by atoms with Gasteiger partial charge in [-0.1, -0.05) is 24.3 Å². The smallest absolute Gasteiger partial charge is 0.335 e. The lowest BCUT2D eigenvalue weighted by molar-refractivity contribution is 0.0686. The van der Waals surface area contributed by atoms with Crippen molar-refractivity contribution in [3.63, 3.8) is 0 Å².